The molecule has 1 heterocycles. The van der Waals surface area contributed by atoms with Crippen LogP contribution in [0.2, 0.25) is 0 Å². The van der Waals surface area contributed by atoms with Crippen molar-refractivity contribution in [1.29, 1.82) is 0 Å². The third-order valence-corrected chi connectivity index (χ3v) is 4.12. The van der Waals surface area contributed by atoms with Gasteiger partial charge < -0.3 is 10.5 Å². The molecule has 106 valence electrons. The molecule has 0 unspecified atom stereocenters. The van der Waals surface area contributed by atoms with Gasteiger partial charge in [-0.3, -0.25) is 0 Å². The average Bonchev–Trinajstić information content (AvgIpc) is 2.82. The first-order chi connectivity index (χ1) is 9.09. The Balaban J connectivity index is 2.54. The molecule has 0 saturated heterocycles. The molecule has 0 spiro atoms. The Morgan fingerprint density at radius 2 is 2.26 bits per heavy atom. The second-order valence-corrected chi connectivity index (χ2v) is 6.06. The highest BCUT2D eigenvalue weighted by molar-refractivity contribution is 7.87. The van der Waals surface area contributed by atoms with Crippen molar-refractivity contribution in [2.75, 3.05) is 26.8 Å². The highest BCUT2D eigenvalue weighted by atomic mass is 32.2. The van der Waals surface area contributed by atoms with Gasteiger partial charge in [-0.15, -0.1) is 11.3 Å². The molecule has 1 aromatic heterocycles. The Hall–Kier alpha value is -0.950. The molecule has 19 heavy (non-hydrogen) atoms. The maximum atomic E-state index is 11.6. The third kappa shape index (κ3) is 6.15. The number of nitrogens with one attached hydrogen (secondary N) is 2. The predicted octanol–water partition coefficient (Wildman–Crippen LogP) is -0.371. The first-order valence-electron chi connectivity index (χ1n) is 5.57. The van der Waals surface area contributed by atoms with Crippen LogP contribution in [0.5, 0.6) is 0 Å². The molecular formula is C11H17N3O3S2. The van der Waals surface area contributed by atoms with E-state index in [1.807, 2.05) is 11.4 Å². The summed E-state index contributed by atoms with van der Waals surface area (Å²) >= 11 is 1.45. The van der Waals surface area contributed by atoms with Crippen LogP contribution in [-0.2, 0) is 21.5 Å². The maximum absolute atomic E-state index is 11.6. The monoisotopic (exact) mass is 303 g/mol. The van der Waals surface area contributed by atoms with E-state index in [0.29, 0.717) is 6.61 Å². The second-order valence-electron chi connectivity index (χ2n) is 3.48. The Morgan fingerprint density at radius 1 is 1.47 bits per heavy atom. The van der Waals surface area contributed by atoms with Gasteiger partial charge in [0.25, 0.3) is 10.2 Å². The minimum Gasteiger partial charge on any atom is -0.383 e. The topological polar surface area (TPSA) is 93.4 Å². The van der Waals surface area contributed by atoms with E-state index in [1.165, 1.54) is 18.4 Å². The van der Waals surface area contributed by atoms with E-state index in [2.05, 4.69) is 21.3 Å². The largest absolute Gasteiger partial charge is 0.383 e. The summed E-state index contributed by atoms with van der Waals surface area (Å²) in [5.41, 5.74) is 6.10. The Kier molecular flexibility index (Phi) is 7.01. The first kappa shape index (κ1) is 16.1. The zero-order valence-electron chi connectivity index (χ0n) is 10.6. The number of ether oxygens (including phenoxy) is 1. The van der Waals surface area contributed by atoms with Crippen molar-refractivity contribution in [2.24, 2.45) is 5.73 Å². The van der Waals surface area contributed by atoms with Gasteiger partial charge in [0.2, 0.25) is 0 Å². The predicted molar refractivity (Wildman–Crippen MR) is 75.9 cm³/mol. The molecule has 0 aliphatic carbocycles. The van der Waals surface area contributed by atoms with Crippen LogP contribution in [0.25, 0.3) is 0 Å². The summed E-state index contributed by atoms with van der Waals surface area (Å²) in [6, 6.07) is 1.84. The van der Waals surface area contributed by atoms with E-state index in [4.69, 9.17) is 10.5 Å². The lowest BCUT2D eigenvalue weighted by molar-refractivity contribution is 0.204. The van der Waals surface area contributed by atoms with Crippen LogP contribution in [0, 0.1) is 11.8 Å². The summed E-state index contributed by atoms with van der Waals surface area (Å²) in [6.07, 6.45) is 0. The Morgan fingerprint density at radius 3 is 2.95 bits per heavy atom. The molecule has 4 N–H and O–H groups in total. The molecule has 0 atom stereocenters. The summed E-state index contributed by atoms with van der Waals surface area (Å²) in [6.45, 7) is 1.04. The summed E-state index contributed by atoms with van der Waals surface area (Å²) < 4.78 is 32.8. The van der Waals surface area contributed by atoms with E-state index in [0.717, 1.165) is 10.4 Å². The van der Waals surface area contributed by atoms with E-state index < -0.39 is 10.2 Å². The molecule has 0 bridgehead atoms. The van der Waals surface area contributed by atoms with E-state index in [9.17, 15) is 8.42 Å². The lowest BCUT2D eigenvalue weighted by atomic mass is 10.2. The fourth-order valence-electron chi connectivity index (χ4n) is 1.22. The molecule has 0 radical (unpaired) electrons. The smallest absolute Gasteiger partial charge is 0.277 e. The number of thiophene rings is 1. The van der Waals surface area contributed by atoms with E-state index in [-0.39, 0.29) is 19.6 Å². The average molecular weight is 303 g/mol. The van der Waals surface area contributed by atoms with Crippen molar-refractivity contribution in [3.05, 3.63) is 21.9 Å². The van der Waals surface area contributed by atoms with Gasteiger partial charge in [0.15, 0.2) is 0 Å². The zero-order chi connectivity index (χ0) is 14.1. The molecule has 0 aromatic carbocycles. The third-order valence-electron chi connectivity index (χ3n) is 2.09. The molecule has 0 amide bonds. The number of rotatable bonds is 7. The summed E-state index contributed by atoms with van der Waals surface area (Å²) in [5, 5.41) is 1.86. The molecule has 6 nitrogen and oxygen atoms in total. The first-order valence-corrected chi connectivity index (χ1v) is 7.94. The van der Waals surface area contributed by atoms with Gasteiger partial charge in [-0.05, 0) is 11.4 Å². The highest BCUT2D eigenvalue weighted by Crippen LogP contribution is 2.15. The van der Waals surface area contributed by atoms with E-state index >= 15 is 0 Å². The van der Waals surface area contributed by atoms with Crippen molar-refractivity contribution < 1.29 is 13.2 Å². The van der Waals surface area contributed by atoms with Crippen LogP contribution in [0.1, 0.15) is 10.4 Å². The number of hydrogen-bond donors (Lipinski definition) is 3. The highest BCUT2D eigenvalue weighted by Gasteiger charge is 2.10. The fraction of sp³-hybridized carbons (Fsp3) is 0.455. The van der Waals surface area contributed by atoms with E-state index in [1.54, 1.807) is 0 Å². The van der Waals surface area contributed by atoms with Crippen molar-refractivity contribution >= 4 is 21.5 Å². The quantitative estimate of drug-likeness (QED) is 0.473. The van der Waals surface area contributed by atoms with Crippen LogP contribution in [0.3, 0.4) is 0 Å². The lowest BCUT2D eigenvalue weighted by Crippen LogP contribution is -2.37. The molecule has 0 saturated carbocycles. The van der Waals surface area contributed by atoms with Gasteiger partial charge in [0, 0.05) is 30.6 Å². The lowest BCUT2D eigenvalue weighted by Gasteiger charge is -2.07. The SMILES string of the molecule is COCCNS(=O)(=O)NCc1sccc1C#CCN. The minimum atomic E-state index is -3.51. The zero-order valence-corrected chi connectivity index (χ0v) is 12.2. The van der Waals surface area contributed by atoms with Gasteiger partial charge in [0.05, 0.1) is 13.2 Å². The molecule has 0 aliphatic heterocycles. The van der Waals surface area contributed by atoms with Gasteiger partial charge in [-0.2, -0.15) is 17.9 Å². The van der Waals surface area contributed by atoms with Crippen LogP contribution in [0.4, 0.5) is 0 Å². The summed E-state index contributed by atoms with van der Waals surface area (Å²) in [4.78, 5) is 0.859. The van der Waals surface area contributed by atoms with Gasteiger partial charge >= 0.3 is 0 Å². The molecule has 1 aromatic rings. The van der Waals surface area contributed by atoms with Gasteiger partial charge in [0.1, 0.15) is 0 Å². The number of nitrogens with two attached hydrogens (primary N) is 1. The summed E-state index contributed by atoms with van der Waals surface area (Å²) in [7, 11) is -2.00. The minimum absolute atomic E-state index is 0.203. The molecule has 0 fully saturated rings. The van der Waals surface area contributed by atoms with Crippen LogP contribution in [0.15, 0.2) is 11.4 Å². The number of methoxy groups -OCH3 is 1. The molecular weight excluding hydrogens is 286 g/mol. The van der Waals surface area contributed by atoms with Crippen LogP contribution in [-0.4, -0.2) is 35.2 Å². The Bertz CT molecular complexity index is 543. The molecule has 8 heteroatoms. The van der Waals surface area contributed by atoms with Crippen molar-refractivity contribution in [2.45, 2.75) is 6.54 Å². The normalized spacial score (nSPS) is 11.1. The molecule has 0 aliphatic rings. The standard InChI is InChI=1S/C11H17N3O3S2/c1-17-7-6-13-19(15,16)14-9-11-10(3-2-5-12)4-8-18-11/h4,8,13-14H,5-7,9,12H2,1H3. The van der Waals surface area contributed by atoms with Crippen LogP contribution < -0.4 is 15.2 Å². The summed E-state index contributed by atoms with van der Waals surface area (Å²) in [5.74, 6) is 5.65. The van der Waals surface area contributed by atoms with Gasteiger partial charge in [-0.25, -0.2) is 0 Å². The Labute approximate surface area is 117 Å². The van der Waals surface area contributed by atoms with Gasteiger partial charge in [-0.1, -0.05) is 11.8 Å². The van der Waals surface area contributed by atoms with Crippen molar-refractivity contribution in [3.63, 3.8) is 0 Å². The number of hydrogen-bond acceptors (Lipinski definition) is 5. The fourth-order valence-corrected chi connectivity index (χ4v) is 2.87. The van der Waals surface area contributed by atoms with Crippen LogP contribution >= 0.6 is 11.3 Å². The van der Waals surface area contributed by atoms with Crippen molar-refractivity contribution in [1.82, 2.24) is 9.44 Å². The maximum Gasteiger partial charge on any atom is 0.277 e. The second kappa shape index (κ2) is 8.27. The molecule has 1 rings (SSSR count). The van der Waals surface area contributed by atoms with Crippen molar-refractivity contribution in [3.8, 4) is 11.8 Å².